The van der Waals surface area contributed by atoms with Crippen LogP contribution in [0.15, 0.2) is 35.5 Å². The number of aromatic nitrogens is 2. The second kappa shape index (κ2) is 4.79. The third-order valence-electron chi connectivity index (χ3n) is 2.37. The van der Waals surface area contributed by atoms with E-state index < -0.39 is 10.0 Å². The number of H-pyrrole nitrogens is 1. The van der Waals surface area contributed by atoms with E-state index in [4.69, 9.17) is 5.73 Å². The van der Waals surface area contributed by atoms with Gasteiger partial charge in [0.15, 0.2) is 0 Å². The molecule has 1 aromatic carbocycles. The zero-order valence-electron chi connectivity index (χ0n) is 9.84. The van der Waals surface area contributed by atoms with Gasteiger partial charge in [0.1, 0.15) is 5.82 Å². The Morgan fingerprint density at radius 2 is 2.17 bits per heavy atom. The number of hydrogen-bond acceptors (Lipinski definition) is 4. The van der Waals surface area contributed by atoms with Gasteiger partial charge >= 0.3 is 0 Å². The lowest BCUT2D eigenvalue weighted by atomic mass is 10.2. The molecule has 0 spiro atoms. The summed E-state index contributed by atoms with van der Waals surface area (Å²) in [6, 6.07) is 4.71. The van der Waals surface area contributed by atoms with Gasteiger partial charge in [-0.15, -0.1) is 0 Å². The van der Waals surface area contributed by atoms with E-state index in [-0.39, 0.29) is 11.4 Å². The molecule has 0 aliphatic carbocycles. The number of nitrogens with one attached hydrogen (secondary N) is 2. The quantitative estimate of drug-likeness (QED) is 0.712. The highest BCUT2D eigenvalue weighted by Gasteiger charge is 2.15. The third kappa shape index (κ3) is 2.88. The fraction of sp³-hybridized carbons (Fsp3) is 0.182. The summed E-state index contributed by atoms with van der Waals surface area (Å²) in [6.45, 7) is 1.91. The van der Waals surface area contributed by atoms with Gasteiger partial charge < -0.3 is 10.7 Å². The molecule has 2 rings (SSSR count). The second-order valence-electron chi connectivity index (χ2n) is 3.94. The molecule has 0 unspecified atom stereocenters. The van der Waals surface area contributed by atoms with Gasteiger partial charge in [-0.25, -0.2) is 18.1 Å². The first-order chi connectivity index (χ1) is 8.47. The smallest absolute Gasteiger partial charge is 0.241 e. The van der Waals surface area contributed by atoms with Crippen LogP contribution in [0.1, 0.15) is 11.4 Å². The Labute approximate surface area is 105 Å². The monoisotopic (exact) mass is 266 g/mol. The standard InChI is InChI=1S/C11H14N4O2S/c1-8-4-9(12)6-10(5-8)18(16,17)15-7-11-13-2-3-14-11/h2-6,15H,7,12H2,1H3,(H,13,14). The van der Waals surface area contributed by atoms with Gasteiger partial charge in [0.05, 0.1) is 11.4 Å². The van der Waals surface area contributed by atoms with Crippen molar-refractivity contribution in [3.63, 3.8) is 0 Å². The van der Waals surface area contributed by atoms with E-state index in [1.54, 1.807) is 31.5 Å². The highest BCUT2D eigenvalue weighted by Crippen LogP contribution is 2.16. The predicted molar refractivity (Wildman–Crippen MR) is 68.2 cm³/mol. The van der Waals surface area contributed by atoms with E-state index in [0.717, 1.165) is 5.56 Å². The van der Waals surface area contributed by atoms with Gasteiger partial charge in [-0.2, -0.15) is 0 Å². The van der Waals surface area contributed by atoms with Crippen molar-refractivity contribution in [3.8, 4) is 0 Å². The van der Waals surface area contributed by atoms with E-state index >= 15 is 0 Å². The topological polar surface area (TPSA) is 101 Å². The average molecular weight is 266 g/mol. The Hall–Kier alpha value is -1.86. The van der Waals surface area contributed by atoms with Crippen LogP contribution in [-0.2, 0) is 16.6 Å². The molecular formula is C11H14N4O2S. The predicted octanol–water partition coefficient (Wildman–Crippen LogP) is 0.779. The van der Waals surface area contributed by atoms with Crippen LogP contribution in [0, 0.1) is 6.92 Å². The number of aromatic amines is 1. The lowest BCUT2D eigenvalue weighted by molar-refractivity contribution is 0.579. The van der Waals surface area contributed by atoms with Crippen molar-refractivity contribution in [1.29, 1.82) is 0 Å². The molecule has 0 aliphatic rings. The number of imidazole rings is 1. The third-order valence-corrected chi connectivity index (χ3v) is 3.75. The van der Waals surface area contributed by atoms with Crippen LogP contribution in [0.4, 0.5) is 5.69 Å². The van der Waals surface area contributed by atoms with E-state index in [9.17, 15) is 8.42 Å². The van der Waals surface area contributed by atoms with Gasteiger partial charge in [0, 0.05) is 18.1 Å². The number of benzene rings is 1. The summed E-state index contributed by atoms with van der Waals surface area (Å²) in [6.07, 6.45) is 3.20. The molecule has 0 amide bonds. The molecular weight excluding hydrogens is 252 g/mol. The van der Waals surface area contributed by atoms with Crippen LogP contribution in [0.25, 0.3) is 0 Å². The normalized spacial score (nSPS) is 11.6. The minimum Gasteiger partial charge on any atom is -0.399 e. The summed E-state index contributed by atoms with van der Waals surface area (Å²) in [7, 11) is -3.57. The van der Waals surface area contributed by atoms with E-state index in [1.807, 2.05) is 0 Å². The number of rotatable bonds is 4. The second-order valence-corrected chi connectivity index (χ2v) is 5.71. The summed E-state index contributed by atoms with van der Waals surface area (Å²) in [5.74, 6) is 0.555. The molecule has 1 aromatic heterocycles. The van der Waals surface area contributed by atoms with E-state index in [0.29, 0.717) is 11.5 Å². The Balaban J connectivity index is 2.20. The number of sulfonamides is 1. The van der Waals surface area contributed by atoms with Crippen LogP contribution in [0.2, 0.25) is 0 Å². The Bertz CT molecular complexity index is 615. The van der Waals surface area contributed by atoms with Crippen molar-refractivity contribution in [1.82, 2.24) is 14.7 Å². The van der Waals surface area contributed by atoms with Crippen molar-refractivity contribution >= 4 is 15.7 Å². The Morgan fingerprint density at radius 1 is 1.39 bits per heavy atom. The molecule has 0 bridgehead atoms. The van der Waals surface area contributed by atoms with Crippen molar-refractivity contribution in [2.45, 2.75) is 18.4 Å². The number of hydrogen-bond donors (Lipinski definition) is 3. The molecule has 0 saturated carbocycles. The zero-order chi connectivity index (χ0) is 13.2. The maximum atomic E-state index is 12.0. The van der Waals surface area contributed by atoms with Gasteiger partial charge in [-0.05, 0) is 30.7 Å². The number of nitrogen functional groups attached to an aromatic ring is 1. The fourth-order valence-corrected chi connectivity index (χ4v) is 2.70. The molecule has 7 heteroatoms. The van der Waals surface area contributed by atoms with Crippen LogP contribution in [0.3, 0.4) is 0 Å². The minimum atomic E-state index is -3.57. The summed E-state index contributed by atoms with van der Waals surface area (Å²) in [5.41, 5.74) is 6.86. The minimum absolute atomic E-state index is 0.114. The first-order valence-electron chi connectivity index (χ1n) is 5.32. The fourth-order valence-electron chi connectivity index (χ4n) is 1.57. The Morgan fingerprint density at radius 3 is 2.78 bits per heavy atom. The van der Waals surface area contributed by atoms with Crippen LogP contribution in [-0.4, -0.2) is 18.4 Å². The van der Waals surface area contributed by atoms with Gasteiger partial charge in [-0.3, -0.25) is 0 Å². The van der Waals surface area contributed by atoms with E-state index in [2.05, 4.69) is 14.7 Å². The van der Waals surface area contributed by atoms with Crippen LogP contribution >= 0.6 is 0 Å². The zero-order valence-corrected chi connectivity index (χ0v) is 10.7. The number of aryl methyl sites for hydroxylation is 1. The van der Waals surface area contributed by atoms with Gasteiger partial charge in [-0.1, -0.05) is 0 Å². The molecule has 4 N–H and O–H groups in total. The molecule has 2 aromatic rings. The molecule has 1 heterocycles. The van der Waals surface area contributed by atoms with Crippen LogP contribution < -0.4 is 10.5 Å². The number of nitrogens with zero attached hydrogens (tertiary/aromatic N) is 1. The molecule has 6 nitrogen and oxygen atoms in total. The molecule has 0 aliphatic heterocycles. The SMILES string of the molecule is Cc1cc(N)cc(S(=O)(=O)NCc2ncc[nH]2)c1. The average Bonchev–Trinajstić information content (AvgIpc) is 2.78. The maximum Gasteiger partial charge on any atom is 0.241 e. The summed E-state index contributed by atoms with van der Waals surface area (Å²) >= 11 is 0. The highest BCUT2D eigenvalue weighted by atomic mass is 32.2. The lowest BCUT2D eigenvalue weighted by Crippen LogP contribution is -2.24. The van der Waals surface area contributed by atoms with Crippen molar-refractivity contribution in [2.24, 2.45) is 0 Å². The molecule has 18 heavy (non-hydrogen) atoms. The summed E-state index contributed by atoms with van der Waals surface area (Å²) in [4.78, 5) is 6.92. The van der Waals surface area contributed by atoms with E-state index in [1.165, 1.54) is 6.07 Å². The lowest BCUT2D eigenvalue weighted by Gasteiger charge is -2.07. The molecule has 0 atom stereocenters. The van der Waals surface area contributed by atoms with Crippen LogP contribution in [0.5, 0.6) is 0 Å². The van der Waals surface area contributed by atoms with Crippen molar-refractivity contribution < 1.29 is 8.42 Å². The van der Waals surface area contributed by atoms with Gasteiger partial charge in [0.2, 0.25) is 10.0 Å². The first kappa shape index (κ1) is 12.6. The summed E-state index contributed by atoms with van der Waals surface area (Å²) < 4.78 is 26.5. The maximum absolute atomic E-state index is 12.0. The van der Waals surface area contributed by atoms with Crippen molar-refractivity contribution in [2.75, 3.05) is 5.73 Å². The largest absolute Gasteiger partial charge is 0.399 e. The molecule has 0 fully saturated rings. The summed E-state index contributed by atoms with van der Waals surface area (Å²) in [5, 5.41) is 0. The van der Waals surface area contributed by atoms with Gasteiger partial charge in [0.25, 0.3) is 0 Å². The highest BCUT2D eigenvalue weighted by molar-refractivity contribution is 7.89. The number of anilines is 1. The van der Waals surface area contributed by atoms with Crippen molar-refractivity contribution in [3.05, 3.63) is 42.0 Å². The molecule has 96 valence electrons. The Kier molecular flexibility index (Phi) is 3.35. The first-order valence-corrected chi connectivity index (χ1v) is 6.81. The molecule has 0 saturated heterocycles. The number of nitrogens with two attached hydrogens (primary N) is 1. The molecule has 0 radical (unpaired) electrons.